The molecule has 2 N–H and O–H groups in total. The van der Waals surface area contributed by atoms with Gasteiger partial charge in [0.15, 0.2) is 0 Å². The van der Waals surface area contributed by atoms with E-state index in [9.17, 15) is 18.0 Å². The van der Waals surface area contributed by atoms with E-state index in [0.717, 1.165) is 17.1 Å². The summed E-state index contributed by atoms with van der Waals surface area (Å²) in [5.74, 6) is -0.846. The van der Waals surface area contributed by atoms with E-state index >= 15 is 0 Å². The Labute approximate surface area is 146 Å². The number of rotatable bonds is 5. The summed E-state index contributed by atoms with van der Waals surface area (Å²) in [5, 5.41) is 0. The van der Waals surface area contributed by atoms with Crippen LogP contribution in [0.5, 0.6) is 0 Å². The van der Waals surface area contributed by atoms with Crippen molar-refractivity contribution in [2.75, 3.05) is 33.4 Å². The highest BCUT2D eigenvalue weighted by Crippen LogP contribution is 2.31. The Morgan fingerprint density at radius 3 is 2.84 bits per heavy atom. The number of carbonyl (C=O) groups is 2. The van der Waals surface area contributed by atoms with Gasteiger partial charge < -0.3 is 15.4 Å². The first-order valence-corrected chi connectivity index (χ1v) is 9.57. The van der Waals surface area contributed by atoms with Gasteiger partial charge in [0.05, 0.1) is 18.7 Å². The predicted octanol–water partition coefficient (Wildman–Crippen LogP) is 0.0408. The number of methoxy groups -OCH3 is 1. The van der Waals surface area contributed by atoms with Crippen LogP contribution in [0.2, 0.25) is 0 Å². The van der Waals surface area contributed by atoms with Crippen molar-refractivity contribution >= 4 is 21.8 Å². The zero-order valence-corrected chi connectivity index (χ0v) is 14.8. The van der Waals surface area contributed by atoms with E-state index < -0.39 is 15.9 Å². The Kier molecular flexibility index (Phi) is 4.81. The molecule has 0 saturated carbocycles. The molecule has 9 heteroatoms. The zero-order valence-electron chi connectivity index (χ0n) is 14.0. The largest absolute Gasteiger partial charge is 0.383 e. The van der Waals surface area contributed by atoms with Crippen LogP contribution in [0.4, 0.5) is 0 Å². The highest BCUT2D eigenvalue weighted by molar-refractivity contribution is 7.90. The van der Waals surface area contributed by atoms with Crippen LogP contribution in [0.25, 0.3) is 0 Å². The third-order valence-electron chi connectivity index (χ3n) is 4.66. The van der Waals surface area contributed by atoms with Gasteiger partial charge in [0.25, 0.3) is 21.8 Å². The maximum Gasteiger partial charge on any atom is 0.269 e. The van der Waals surface area contributed by atoms with Crippen LogP contribution in [-0.4, -0.2) is 68.8 Å². The summed E-state index contributed by atoms with van der Waals surface area (Å²) in [6, 6.07) is 4.17. The molecule has 0 spiro atoms. The molecular weight excluding hydrogens is 346 g/mol. The fourth-order valence-electron chi connectivity index (χ4n) is 3.32. The number of nitrogens with two attached hydrogens (primary N) is 1. The van der Waals surface area contributed by atoms with Crippen molar-refractivity contribution in [1.29, 1.82) is 0 Å². The third-order valence-corrected chi connectivity index (χ3v) is 6.48. The van der Waals surface area contributed by atoms with Crippen molar-refractivity contribution in [3.05, 3.63) is 29.3 Å². The molecule has 136 valence electrons. The maximum atomic E-state index is 12.7. The van der Waals surface area contributed by atoms with Gasteiger partial charge in [-0.15, -0.1) is 0 Å². The number of likely N-dealkylation sites (tertiary alicyclic amines) is 1. The van der Waals surface area contributed by atoms with Crippen LogP contribution in [0.1, 0.15) is 33.6 Å². The van der Waals surface area contributed by atoms with E-state index in [4.69, 9.17) is 10.5 Å². The van der Waals surface area contributed by atoms with Crippen molar-refractivity contribution in [2.24, 2.45) is 5.73 Å². The fourth-order valence-corrected chi connectivity index (χ4v) is 4.90. The lowest BCUT2D eigenvalue weighted by atomic mass is 10.1. The molecule has 1 atom stereocenters. The van der Waals surface area contributed by atoms with Gasteiger partial charge in [0.2, 0.25) is 0 Å². The average molecular weight is 367 g/mol. The monoisotopic (exact) mass is 367 g/mol. The van der Waals surface area contributed by atoms with Crippen LogP contribution < -0.4 is 5.73 Å². The minimum Gasteiger partial charge on any atom is -0.383 e. The van der Waals surface area contributed by atoms with Crippen molar-refractivity contribution in [1.82, 2.24) is 9.21 Å². The highest BCUT2D eigenvalue weighted by atomic mass is 32.2. The zero-order chi connectivity index (χ0) is 18.2. The molecule has 0 bridgehead atoms. The average Bonchev–Trinajstić information content (AvgIpc) is 3.15. The smallest absolute Gasteiger partial charge is 0.269 e. The van der Waals surface area contributed by atoms with Gasteiger partial charge in [0, 0.05) is 31.8 Å². The van der Waals surface area contributed by atoms with Crippen LogP contribution in [0, 0.1) is 0 Å². The van der Waals surface area contributed by atoms with E-state index in [1.54, 1.807) is 4.90 Å². The highest BCUT2D eigenvalue weighted by Gasteiger charge is 2.41. The molecule has 2 heterocycles. The summed E-state index contributed by atoms with van der Waals surface area (Å²) in [4.78, 5) is 26.6. The predicted molar refractivity (Wildman–Crippen MR) is 89.7 cm³/mol. The summed E-state index contributed by atoms with van der Waals surface area (Å²) in [6.07, 6.45) is 1.72. The van der Waals surface area contributed by atoms with Crippen molar-refractivity contribution in [3.63, 3.8) is 0 Å². The summed E-state index contributed by atoms with van der Waals surface area (Å²) >= 11 is 0. The van der Waals surface area contributed by atoms with E-state index in [-0.39, 0.29) is 41.1 Å². The standard InChI is InChI=1S/C16H21N3O5S/c1-24-8-7-19-16(21)13-5-4-11(9-14(13)25(19,22)23)15(20)18-6-2-3-12(18)10-17/h4-5,9,12H,2-3,6-8,10,17H2,1H3. The molecule has 2 amide bonds. The molecule has 0 radical (unpaired) electrons. The first-order chi connectivity index (χ1) is 11.9. The van der Waals surface area contributed by atoms with Gasteiger partial charge in [-0.2, -0.15) is 0 Å². The molecular formula is C16H21N3O5S. The molecule has 0 aromatic heterocycles. The quantitative estimate of drug-likeness (QED) is 0.787. The number of carbonyl (C=O) groups excluding carboxylic acids is 2. The molecule has 3 rings (SSSR count). The van der Waals surface area contributed by atoms with E-state index in [1.165, 1.54) is 25.3 Å². The number of fused-ring (bicyclic) bond motifs is 1. The molecule has 2 aliphatic rings. The molecule has 8 nitrogen and oxygen atoms in total. The molecule has 1 aromatic carbocycles. The lowest BCUT2D eigenvalue weighted by Crippen LogP contribution is -2.39. The van der Waals surface area contributed by atoms with Gasteiger partial charge in [0.1, 0.15) is 4.90 Å². The third kappa shape index (κ3) is 2.92. The number of hydrogen-bond donors (Lipinski definition) is 1. The van der Waals surface area contributed by atoms with E-state index in [1.807, 2.05) is 0 Å². The maximum absolute atomic E-state index is 12.7. The van der Waals surface area contributed by atoms with Gasteiger partial charge >= 0.3 is 0 Å². The summed E-state index contributed by atoms with van der Waals surface area (Å²) in [5.41, 5.74) is 6.04. The Balaban J connectivity index is 1.94. The van der Waals surface area contributed by atoms with Crippen LogP contribution in [-0.2, 0) is 14.8 Å². The summed E-state index contributed by atoms with van der Waals surface area (Å²) in [6.45, 7) is 1.02. The minimum absolute atomic E-state index is 0.0304. The fraction of sp³-hybridized carbons (Fsp3) is 0.500. The van der Waals surface area contributed by atoms with Gasteiger partial charge in [-0.3, -0.25) is 9.59 Å². The Morgan fingerprint density at radius 2 is 2.16 bits per heavy atom. The second-order valence-corrected chi connectivity index (χ2v) is 7.95. The first kappa shape index (κ1) is 17.8. The second kappa shape index (κ2) is 6.74. The van der Waals surface area contributed by atoms with Crippen LogP contribution in [0.15, 0.2) is 23.1 Å². The van der Waals surface area contributed by atoms with Crippen LogP contribution in [0.3, 0.4) is 0 Å². The van der Waals surface area contributed by atoms with Gasteiger partial charge in [-0.05, 0) is 31.0 Å². The number of benzene rings is 1. The van der Waals surface area contributed by atoms with E-state index in [2.05, 4.69) is 0 Å². The molecule has 1 unspecified atom stereocenters. The first-order valence-electron chi connectivity index (χ1n) is 8.13. The van der Waals surface area contributed by atoms with Crippen LogP contribution >= 0.6 is 0 Å². The van der Waals surface area contributed by atoms with E-state index in [0.29, 0.717) is 13.1 Å². The molecule has 2 aliphatic heterocycles. The number of amides is 2. The molecule has 1 saturated heterocycles. The Bertz CT molecular complexity index is 808. The van der Waals surface area contributed by atoms with Crippen molar-refractivity contribution in [2.45, 2.75) is 23.8 Å². The molecule has 1 fully saturated rings. The summed E-state index contributed by atoms with van der Waals surface area (Å²) < 4.78 is 30.9. The minimum atomic E-state index is -3.96. The lowest BCUT2D eigenvalue weighted by molar-refractivity contribution is 0.0739. The number of hydrogen-bond acceptors (Lipinski definition) is 6. The van der Waals surface area contributed by atoms with Gasteiger partial charge in [-0.1, -0.05) is 0 Å². The number of sulfonamides is 1. The molecule has 25 heavy (non-hydrogen) atoms. The lowest BCUT2D eigenvalue weighted by Gasteiger charge is -2.23. The van der Waals surface area contributed by atoms with Crippen molar-refractivity contribution in [3.8, 4) is 0 Å². The Hall–Kier alpha value is -1.97. The SMILES string of the molecule is COCCN1C(=O)c2ccc(C(=O)N3CCCC3CN)cc2S1(=O)=O. The number of nitrogens with zero attached hydrogens (tertiary/aromatic N) is 2. The topological polar surface area (TPSA) is 110 Å². The summed E-state index contributed by atoms with van der Waals surface area (Å²) in [7, 11) is -2.53. The molecule has 1 aromatic rings. The Morgan fingerprint density at radius 1 is 1.40 bits per heavy atom. The van der Waals surface area contributed by atoms with Crippen molar-refractivity contribution < 1.29 is 22.7 Å². The molecule has 0 aliphatic carbocycles. The van der Waals surface area contributed by atoms with Gasteiger partial charge in [-0.25, -0.2) is 12.7 Å². The normalized spacial score (nSPS) is 21.7. The number of ether oxygens (including phenoxy) is 1. The second-order valence-electron chi connectivity index (χ2n) is 6.12.